The third-order valence-electron chi connectivity index (χ3n) is 3.43. The molecule has 0 aliphatic carbocycles. The van der Waals surface area contributed by atoms with Crippen LogP contribution in [0.4, 0.5) is 4.39 Å². The number of hydrogen-bond donors (Lipinski definition) is 1. The molecule has 1 unspecified atom stereocenters. The van der Waals surface area contributed by atoms with Gasteiger partial charge in [0.1, 0.15) is 5.82 Å². The highest BCUT2D eigenvalue weighted by molar-refractivity contribution is 6.35. The third kappa shape index (κ3) is 6.03. The zero-order chi connectivity index (χ0) is 18.4. The summed E-state index contributed by atoms with van der Waals surface area (Å²) >= 11 is 11.9. The second-order valence-electron chi connectivity index (χ2n) is 5.42. The van der Waals surface area contributed by atoms with Gasteiger partial charge in [0.25, 0.3) is 5.91 Å². The number of ether oxygens (including phenoxy) is 1. The summed E-state index contributed by atoms with van der Waals surface area (Å²) in [6, 6.07) is 10.1. The van der Waals surface area contributed by atoms with Gasteiger partial charge in [0.2, 0.25) is 0 Å². The van der Waals surface area contributed by atoms with Crippen LogP contribution in [0.1, 0.15) is 24.1 Å². The summed E-state index contributed by atoms with van der Waals surface area (Å²) in [5.41, 5.74) is 1.31. The van der Waals surface area contributed by atoms with Crippen LogP contribution in [0.5, 0.6) is 0 Å². The van der Waals surface area contributed by atoms with Crippen molar-refractivity contribution in [1.82, 2.24) is 5.32 Å². The Bertz CT molecular complexity index is 765. The number of rotatable bonds is 6. The molecule has 0 radical (unpaired) electrons. The number of amides is 1. The predicted octanol–water partition coefficient (Wildman–Crippen LogP) is 4.10. The van der Waals surface area contributed by atoms with Crippen LogP contribution < -0.4 is 5.32 Å². The first-order valence-corrected chi connectivity index (χ1v) is 8.25. The summed E-state index contributed by atoms with van der Waals surface area (Å²) in [6.07, 6.45) is -0.0356. The minimum absolute atomic E-state index is 0.0356. The van der Waals surface area contributed by atoms with E-state index in [9.17, 15) is 14.0 Å². The van der Waals surface area contributed by atoms with Crippen molar-refractivity contribution in [2.24, 2.45) is 0 Å². The molecule has 4 nitrogen and oxygen atoms in total. The van der Waals surface area contributed by atoms with Crippen molar-refractivity contribution in [3.63, 3.8) is 0 Å². The molecule has 0 aromatic heterocycles. The maximum Gasteiger partial charge on any atom is 0.310 e. The standard InChI is InChI=1S/C18H16Cl2FNO3/c1-11(15-7-4-13(19)9-16(15)20)22-17(23)10-25-18(24)8-12-2-5-14(21)6-3-12/h2-7,9,11H,8,10H2,1H3,(H,22,23). The first-order chi connectivity index (χ1) is 11.8. The highest BCUT2D eigenvalue weighted by Gasteiger charge is 2.14. The monoisotopic (exact) mass is 383 g/mol. The van der Waals surface area contributed by atoms with Gasteiger partial charge in [-0.3, -0.25) is 9.59 Å². The molecule has 25 heavy (non-hydrogen) atoms. The van der Waals surface area contributed by atoms with Gasteiger partial charge in [-0.25, -0.2) is 4.39 Å². The summed E-state index contributed by atoms with van der Waals surface area (Å²) in [4.78, 5) is 23.6. The molecule has 0 heterocycles. The maximum absolute atomic E-state index is 12.8. The topological polar surface area (TPSA) is 55.4 Å². The van der Waals surface area contributed by atoms with Crippen molar-refractivity contribution in [2.45, 2.75) is 19.4 Å². The Labute approximate surface area is 154 Å². The van der Waals surface area contributed by atoms with Crippen molar-refractivity contribution in [3.8, 4) is 0 Å². The Hall–Kier alpha value is -2.11. The van der Waals surface area contributed by atoms with E-state index in [1.54, 1.807) is 25.1 Å². The Kier molecular flexibility index (Phi) is 6.79. The van der Waals surface area contributed by atoms with Crippen LogP contribution in [0.25, 0.3) is 0 Å². The highest BCUT2D eigenvalue weighted by Crippen LogP contribution is 2.25. The summed E-state index contributed by atoms with van der Waals surface area (Å²) in [6.45, 7) is 1.35. The number of benzene rings is 2. The summed E-state index contributed by atoms with van der Waals surface area (Å²) in [5, 5.41) is 3.63. The third-order valence-corrected chi connectivity index (χ3v) is 3.99. The van der Waals surface area contributed by atoms with E-state index in [4.69, 9.17) is 27.9 Å². The van der Waals surface area contributed by atoms with E-state index < -0.39 is 18.5 Å². The van der Waals surface area contributed by atoms with E-state index in [1.807, 2.05) is 0 Å². The lowest BCUT2D eigenvalue weighted by molar-refractivity contribution is -0.148. The Morgan fingerprint density at radius 1 is 1.16 bits per heavy atom. The van der Waals surface area contributed by atoms with Crippen LogP contribution in [0.2, 0.25) is 10.0 Å². The van der Waals surface area contributed by atoms with Crippen molar-refractivity contribution >= 4 is 35.1 Å². The van der Waals surface area contributed by atoms with E-state index in [-0.39, 0.29) is 18.3 Å². The van der Waals surface area contributed by atoms with E-state index in [0.717, 1.165) is 0 Å². The molecular formula is C18H16Cl2FNO3. The predicted molar refractivity (Wildman–Crippen MR) is 94.1 cm³/mol. The van der Waals surface area contributed by atoms with Crippen LogP contribution in [-0.4, -0.2) is 18.5 Å². The molecule has 0 bridgehead atoms. The molecule has 1 amide bonds. The number of carbonyl (C=O) groups is 2. The van der Waals surface area contributed by atoms with E-state index in [0.29, 0.717) is 21.2 Å². The minimum atomic E-state index is -0.570. The van der Waals surface area contributed by atoms with E-state index in [1.165, 1.54) is 24.3 Å². The van der Waals surface area contributed by atoms with Gasteiger partial charge in [0, 0.05) is 10.0 Å². The first-order valence-electron chi connectivity index (χ1n) is 7.49. The van der Waals surface area contributed by atoms with E-state index in [2.05, 4.69) is 5.32 Å². The molecule has 0 aliphatic heterocycles. The molecule has 2 aromatic carbocycles. The van der Waals surface area contributed by atoms with Crippen molar-refractivity contribution in [1.29, 1.82) is 0 Å². The lowest BCUT2D eigenvalue weighted by Crippen LogP contribution is -2.31. The average molecular weight is 384 g/mol. The van der Waals surface area contributed by atoms with Crippen LogP contribution >= 0.6 is 23.2 Å². The number of nitrogens with one attached hydrogen (secondary N) is 1. The molecule has 0 aliphatic rings. The second-order valence-corrected chi connectivity index (χ2v) is 6.26. The number of carbonyl (C=O) groups excluding carboxylic acids is 2. The SMILES string of the molecule is CC(NC(=O)COC(=O)Cc1ccc(F)cc1)c1ccc(Cl)cc1Cl. The molecule has 0 spiro atoms. The molecule has 2 rings (SSSR count). The Morgan fingerprint density at radius 3 is 2.48 bits per heavy atom. The second kappa shape index (κ2) is 8.83. The summed E-state index contributed by atoms with van der Waals surface area (Å²) < 4.78 is 17.7. The zero-order valence-electron chi connectivity index (χ0n) is 13.4. The molecular weight excluding hydrogens is 368 g/mol. The molecule has 0 saturated heterocycles. The van der Waals surface area contributed by atoms with Gasteiger partial charge in [-0.15, -0.1) is 0 Å². The zero-order valence-corrected chi connectivity index (χ0v) is 14.9. The van der Waals surface area contributed by atoms with Crippen LogP contribution in [-0.2, 0) is 20.7 Å². The van der Waals surface area contributed by atoms with Crippen LogP contribution in [0.3, 0.4) is 0 Å². The molecule has 2 aromatic rings. The molecule has 1 N–H and O–H groups in total. The van der Waals surface area contributed by atoms with Gasteiger partial charge in [-0.05, 0) is 42.3 Å². The minimum Gasteiger partial charge on any atom is -0.455 e. The molecule has 0 saturated carbocycles. The normalized spacial score (nSPS) is 11.7. The van der Waals surface area contributed by atoms with Gasteiger partial charge < -0.3 is 10.1 Å². The quantitative estimate of drug-likeness (QED) is 0.764. The fourth-order valence-electron chi connectivity index (χ4n) is 2.18. The van der Waals surface area contributed by atoms with Crippen LogP contribution in [0, 0.1) is 5.82 Å². The van der Waals surface area contributed by atoms with E-state index >= 15 is 0 Å². The Balaban J connectivity index is 1.81. The average Bonchev–Trinajstić information content (AvgIpc) is 2.55. The molecule has 132 valence electrons. The number of esters is 1. The summed E-state index contributed by atoms with van der Waals surface area (Å²) in [7, 11) is 0. The van der Waals surface area contributed by atoms with Gasteiger partial charge in [-0.2, -0.15) is 0 Å². The number of halogens is 3. The van der Waals surface area contributed by atoms with Gasteiger partial charge in [0.05, 0.1) is 12.5 Å². The van der Waals surface area contributed by atoms with Crippen LogP contribution in [0.15, 0.2) is 42.5 Å². The molecule has 1 atom stereocenters. The van der Waals surface area contributed by atoms with Gasteiger partial charge in [-0.1, -0.05) is 41.4 Å². The lowest BCUT2D eigenvalue weighted by Gasteiger charge is -2.16. The fraction of sp³-hybridized carbons (Fsp3) is 0.222. The highest BCUT2D eigenvalue weighted by atomic mass is 35.5. The van der Waals surface area contributed by atoms with Crippen molar-refractivity contribution in [2.75, 3.05) is 6.61 Å². The van der Waals surface area contributed by atoms with Gasteiger partial charge >= 0.3 is 5.97 Å². The summed E-state index contributed by atoms with van der Waals surface area (Å²) in [5.74, 6) is -1.41. The lowest BCUT2D eigenvalue weighted by atomic mass is 10.1. The molecule has 7 heteroatoms. The van der Waals surface area contributed by atoms with Gasteiger partial charge in [0.15, 0.2) is 6.61 Å². The Morgan fingerprint density at radius 2 is 1.84 bits per heavy atom. The smallest absolute Gasteiger partial charge is 0.310 e. The fourth-order valence-corrected chi connectivity index (χ4v) is 2.75. The first kappa shape index (κ1) is 19.2. The number of hydrogen-bond acceptors (Lipinski definition) is 3. The van der Waals surface area contributed by atoms with Crippen molar-refractivity contribution in [3.05, 3.63) is 69.5 Å². The molecule has 0 fully saturated rings. The van der Waals surface area contributed by atoms with Crippen molar-refractivity contribution < 1.29 is 18.7 Å². The largest absolute Gasteiger partial charge is 0.455 e. The maximum atomic E-state index is 12.8.